The average molecular weight is 491 g/mol. The van der Waals surface area contributed by atoms with E-state index < -0.39 is 12.0 Å². The zero-order valence-electron chi connectivity index (χ0n) is 19.1. The van der Waals surface area contributed by atoms with E-state index in [0.717, 1.165) is 16.8 Å². The molecular formula is C22H25F3N8S. The van der Waals surface area contributed by atoms with Crippen molar-refractivity contribution in [3.63, 3.8) is 0 Å². The minimum Gasteiger partial charge on any atom is -0.338 e. The van der Waals surface area contributed by atoms with Crippen molar-refractivity contribution < 1.29 is 13.2 Å². The Morgan fingerprint density at radius 3 is 2.44 bits per heavy atom. The van der Waals surface area contributed by atoms with Crippen LogP contribution in [0.1, 0.15) is 28.2 Å². The summed E-state index contributed by atoms with van der Waals surface area (Å²) in [5, 5.41) is 7.79. The van der Waals surface area contributed by atoms with Crippen molar-refractivity contribution in [1.29, 1.82) is 0 Å². The summed E-state index contributed by atoms with van der Waals surface area (Å²) in [5.74, 6) is -0.495. The number of rotatable bonds is 5. The monoisotopic (exact) mass is 490 g/mol. The molecule has 8 nitrogen and oxygen atoms in total. The maximum absolute atomic E-state index is 13.7. The lowest BCUT2D eigenvalue weighted by Crippen LogP contribution is -2.47. The summed E-state index contributed by atoms with van der Waals surface area (Å²) in [6, 6.07) is 7.38. The van der Waals surface area contributed by atoms with Crippen LogP contribution in [0.3, 0.4) is 0 Å². The number of piperazine rings is 1. The van der Waals surface area contributed by atoms with Crippen LogP contribution in [-0.2, 0) is 12.8 Å². The summed E-state index contributed by atoms with van der Waals surface area (Å²) < 4.78 is 42.8. The van der Waals surface area contributed by atoms with Crippen molar-refractivity contribution in [3.8, 4) is 0 Å². The standard InChI is InChI=1S/C22H25F3N8S/c1-15-4-5-18(12-16(15)2)13-27-33-19(22(23,24)25)29-32(21(33)34)14-30-8-10-31(11-9-30)20-26-7-6-17(3)28-20/h4-7,12-13H,8-11,14H2,1-3H3/b27-13+. The third kappa shape index (κ3) is 5.33. The molecule has 12 heteroatoms. The third-order valence-electron chi connectivity index (χ3n) is 5.70. The number of halogens is 3. The first-order chi connectivity index (χ1) is 16.1. The van der Waals surface area contributed by atoms with E-state index in [4.69, 9.17) is 12.2 Å². The van der Waals surface area contributed by atoms with E-state index in [9.17, 15) is 13.2 Å². The second kappa shape index (κ2) is 9.63. The molecule has 1 saturated heterocycles. The number of alkyl halides is 3. The molecule has 0 saturated carbocycles. The molecule has 180 valence electrons. The van der Waals surface area contributed by atoms with E-state index in [2.05, 4.69) is 25.1 Å². The molecule has 1 aromatic carbocycles. The summed E-state index contributed by atoms with van der Waals surface area (Å²) >= 11 is 5.32. The number of aryl methyl sites for hydroxylation is 3. The molecule has 0 unspecified atom stereocenters. The summed E-state index contributed by atoms with van der Waals surface area (Å²) in [4.78, 5) is 12.8. The largest absolute Gasteiger partial charge is 0.453 e. The summed E-state index contributed by atoms with van der Waals surface area (Å²) in [6.45, 7) is 8.45. The lowest BCUT2D eigenvalue weighted by Gasteiger charge is -2.34. The molecule has 0 aliphatic carbocycles. The highest BCUT2D eigenvalue weighted by Crippen LogP contribution is 2.28. The lowest BCUT2D eigenvalue weighted by atomic mass is 10.1. The minimum atomic E-state index is -4.69. The van der Waals surface area contributed by atoms with E-state index in [-0.39, 0.29) is 11.4 Å². The fraction of sp³-hybridized carbons (Fsp3) is 0.409. The Labute approximate surface area is 200 Å². The molecule has 4 rings (SSSR count). The van der Waals surface area contributed by atoms with Gasteiger partial charge in [-0.25, -0.2) is 14.6 Å². The van der Waals surface area contributed by atoms with Gasteiger partial charge in [-0.05, 0) is 55.7 Å². The molecule has 0 amide bonds. The van der Waals surface area contributed by atoms with Gasteiger partial charge in [-0.1, -0.05) is 18.2 Å². The second-order valence-corrected chi connectivity index (χ2v) is 8.61. The molecule has 0 atom stereocenters. The van der Waals surface area contributed by atoms with Gasteiger partial charge in [0.1, 0.15) is 0 Å². The van der Waals surface area contributed by atoms with Crippen molar-refractivity contribution in [2.24, 2.45) is 5.10 Å². The molecule has 1 aliphatic rings. The van der Waals surface area contributed by atoms with E-state index in [0.29, 0.717) is 42.4 Å². The molecule has 2 aromatic heterocycles. The molecule has 0 N–H and O–H groups in total. The van der Waals surface area contributed by atoms with Crippen LogP contribution in [0.2, 0.25) is 0 Å². The van der Waals surface area contributed by atoms with E-state index in [1.54, 1.807) is 12.3 Å². The van der Waals surface area contributed by atoms with Gasteiger partial charge in [0, 0.05) is 38.1 Å². The van der Waals surface area contributed by atoms with Crippen LogP contribution in [0, 0.1) is 25.5 Å². The Morgan fingerprint density at radius 1 is 1.06 bits per heavy atom. The van der Waals surface area contributed by atoms with Gasteiger partial charge in [0.05, 0.1) is 12.9 Å². The van der Waals surface area contributed by atoms with E-state index >= 15 is 0 Å². The molecule has 1 aliphatic heterocycles. The zero-order chi connectivity index (χ0) is 24.5. The van der Waals surface area contributed by atoms with Crippen molar-refractivity contribution in [1.82, 2.24) is 29.3 Å². The van der Waals surface area contributed by atoms with Crippen LogP contribution in [0.4, 0.5) is 19.1 Å². The van der Waals surface area contributed by atoms with Gasteiger partial charge in [-0.15, -0.1) is 5.10 Å². The number of anilines is 1. The van der Waals surface area contributed by atoms with Crippen LogP contribution in [-0.4, -0.2) is 61.7 Å². The summed E-state index contributed by atoms with van der Waals surface area (Å²) in [6.07, 6.45) is -1.61. The van der Waals surface area contributed by atoms with Gasteiger partial charge < -0.3 is 4.90 Å². The molecule has 0 spiro atoms. The van der Waals surface area contributed by atoms with Gasteiger partial charge in [0.25, 0.3) is 5.82 Å². The second-order valence-electron chi connectivity index (χ2n) is 8.25. The van der Waals surface area contributed by atoms with Gasteiger partial charge in [0.2, 0.25) is 10.7 Å². The Morgan fingerprint density at radius 2 is 1.79 bits per heavy atom. The number of aromatic nitrogens is 5. The molecular weight excluding hydrogens is 465 g/mol. The molecule has 0 bridgehead atoms. The quantitative estimate of drug-likeness (QED) is 0.400. The highest BCUT2D eigenvalue weighted by molar-refractivity contribution is 7.71. The maximum Gasteiger partial charge on any atom is 0.453 e. The van der Waals surface area contributed by atoms with Crippen LogP contribution in [0.15, 0.2) is 35.6 Å². The fourth-order valence-corrected chi connectivity index (χ4v) is 3.84. The van der Waals surface area contributed by atoms with Gasteiger partial charge in [0.15, 0.2) is 0 Å². The van der Waals surface area contributed by atoms with E-state index in [1.165, 1.54) is 10.9 Å². The summed E-state index contributed by atoms with van der Waals surface area (Å²) in [7, 11) is 0. The van der Waals surface area contributed by atoms with Crippen LogP contribution in [0.5, 0.6) is 0 Å². The highest BCUT2D eigenvalue weighted by atomic mass is 32.1. The van der Waals surface area contributed by atoms with Gasteiger partial charge in [-0.2, -0.15) is 22.9 Å². The molecule has 34 heavy (non-hydrogen) atoms. The lowest BCUT2D eigenvalue weighted by molar-refractivity contribution is -0.147. The third-order valence-corrected chi connectivity index (χ3v) is 6.08. The van der Waals surface area contributed by atoms with Crippen LogP contribution >= 0.6 is 12.2 Å². The fourth-order valence-electron chi connectivity index (χ4n) is 3.61. The number of benzene rings is 1. The van der Waals surface area contributed by atoms with Crippen molar-refractivity contribution >= 4 is 24.4 Å². The van der Waals surface area contributed by atoms with Crippen molar-refractivity contribution in [2.45, 2.75) is 33.6 Å². The van der Waals surface area contributed by atoms with Gasteiger partial charge in [-0.3, -0.25) is 4.90 Å². The maximum atomic E-state index is 13.7. The average Bonchev–Trinajstić information content (AvgIpc) is 3.11. The van der Waals surface area contributed by atoms with Crippen LogP contribution < -0.4 is 4.90 Å². The SMILES string of the molecule is Cc1ccnc(N2CCN(Cn3nc(C(F)(F)F)n(/N=C/c4ccc(C)c(C)c4)c3=S)CC2)n1. The Kier molecular flexibility index (Phi) is 6.80. The summed E-state index contributed by atoms with van der Waals surface area (Å²) in [5.41, 5.74) is 3.67. The predicted octanol–water partition coefficient (Wildman–Crippen LogP) is 3.81. The Bertz CT molecular complexity index is 1260. The minimum absolute atomic E-state index is 0.114. The molecule has 3 heterocycles. The first-order valence-corrected chi connectivity index (χ1v) is 11.2. The Hall–Kier alpha value is -3.12. The Balaban J connectivity index is 1.52. The molecule has 1 fully saturated rings. The smallest absolute Gasteiger partial charge is 0.338 e. The van der Waals surface area contributed by atoms with E-state index in [1.807, 2.05) is 43.9 Å². The van der Waals surface area contributed by atoms with Crippen molar-refractivity contribution in [3.05, 3.63) is 63.4 Å². The molecule has 3 aromatic rings. The van der Waals surface area contributed by atoms with Crippen molar-refractivity contribution in [2.75, 3.05) is 31.1 Å². The van der Waals surface area contributed by atoms with Gasteiger partial charge >= 0.3 is 6.18 Å². The number of hydrogen-bond donors (Lipinski definition) is 0. The number of hydrogen-bond acceptors (Lipinski definition) is 7. The highest BCUT2D eigenvalue weighted by Gasteiger charge is 2.39. The first kappa shape index (κ1) is 24.0. The predicted molar refractivity (Wildman–Crippen MR) is 126 cm³/mol. The number of nitrogens with zero attached hydrogens (tertiary/aromatic N) is 8. The topological polar surface area (TPSA) is 67.4 Å². The normalized spacial score (nSPS) is 15.4. The molecule has 0 radical (unpaired) electrons. The zero-order valence-corrected chi connectivity index (χ0v) is 19.9. The van der Waals surface area contributed by atoms with Crippen LogP contribution in [0.25, 0.3) is 0 Å². The first-order valence-electron chi connectivity index (χ1n) is 10.8.